The quantitative estimate of drug-likeness (QED) is 0.839. The number of hydrogen-bond acceptors (Lipinski definition) is 2. The van der Waals surface area contributed by atoms with Crippen LogP contribution in [0.15, 0.2) is 18.2 Å². The summed E-state index contributed by atoms with van der Waals surface area (Å²) < 4.78 is 0. The van der Waals surface area contributed by atoms with Crippen molar-refractivity contribution in [3.05, 3.63) is 34.9 Å². The van der Waals surface area contributed by atoms with Gasteiger partial charge < -0.3 is 11.1 Å². The molecule has 1 aromatic rings. The lowest BCUT2D eigenvalue weighted by Gasteiger charge is -2.27. The number of hydrogen-bond donors (Lipinski definition) is 2. The summed E-state index contributed by atoms with van der Waals surface area (Å²) in [5, 5.41) is 3.00. The molecular weight excluding hydrogens is 260 g/mol. The molecule has 0 aliphatic heterocycles. The van der Waals surface area contributed by atoms with E-state index >= 15 is 0 Å². The minimum absolute atomic E-state index is 0.0347. The van der Waals surface area contributed by atoms with Crippen LogP contribution in [-0.4, -0.2) is 19.0 Å². The molecule has 0 saturated carbocycles. The maximum Gasteiger partial charge on any atom is 0.251 e. The molecule has 21 heavy (non-hydrogen) atoms. The average Bonchev–Trinajstić information content (AvgIpc) is 2.41. The van der Waals surface area contributed by atoms with Crippen LogP contribution in [0.2, 0.25) is 0 Å². The molecule has 0 aliphatic carbocycles. The fourth-order valence-electron chi connectivity index (χ4n) is 1.75. The number of amides is 1. The molecule has 1 amide bonds. The van der Waals surface area contributed by atoms with Gasteiger partial charge in [0, 0.05) is 17.7 Å². The van der Waals surface area contributed by atoms with Crippen LogP contribution in [0, 0.1) is 30.1 Å². The molecule has 0 fully saturated rings. The molecule has 0 heterocycles. The van der Waals surface area contributed by atoms with Crippen LogP contribution in [0.25, 0.3) is 0 Å². The smallest absolute Gasteiger partial charge is 0.251 e. The second kappa shape index (κ2) is 7.28. The fraction of sp³-hybridized carbons (Fsp3) is 0.500. The van der Waals surface area contributed by atoms with E-state index in [1.54, 1.807) is 0 Å². The number of aryl methyl sites for hydroxylation is 1. The highest BCUT2D eigenvalue weighted by molar-refractivity contribution is 5.94. The monoisotopic (exact) mass is 286 g/mol. The average molecular weight is 286 g/mol. The molecule has 3 N–H and O–H groups in total. The first kappa shape index (κ1) is 17.3. The zero-order valence-corrected chi connectivity index (χ0v) is 13.7. The molecule has 0 aromatic heterocycles. The van der Waals surface area contributed by atoms with Gasteiger partial charge in [0.05, 0.1) is 6.54 Å². The molecule has 1 rings (SSSR count). The second-order valence-electron chi connectivity index (χ2n) is 6.51. The summed E-state index contributed by atoms with van der Waals surface area (Å²) in [6.45, 7) is 11.7. The third kappa shape index (κ3) is 5.24. The van der Waals surface area contributed by atoms with E-state index in [1.165, 1.54) is 0 Å². The molecule has 1 unspecified atom stereocenters. The summed E-state index contributed by atoms with van der Waals surface area (Å²) in [5.41, 5.74) is 8.14. The van der Waals surface area contributed by atoms with Gasteiger partial charge in [0.15, 0.2) is 0 Å². The van der Waals surface area contributed by atoms with Gasteiger partial charge in [-0.2, -0.15) is 0 Å². The van der Waals surface area contributed by atoms with Gasteiger partial charge in [0.1, 0.15) is 0 Å². The van der Waals surface area contributed by atoms with Gasteiger partial charge in [-0.1, -0.05) is 39.5 Å². The largest absolute Gasteiger partial charge is 0.352 e. The Morgan fingerprint density at radius 1 is 1.38 bits per heavy atom. The first-order valence-electron chi connectivity index (χ1n) is 7.33. The molecule has 0 aliphatic rings. The van der Waals surface area contributed by atoms with Gasteiger partial charge in [0.2, 0.25) is 0 Å². The van der Waals surface area contributed by atoms with E-state index in [4.69, 9.17) is 5.73 Å². The van der Waals surface area contributed by atoms with Crippen LogP contribution < -0.4 is 11.1 Å². The molecule has 114 valence electrons. The lowest BCUT2D eigenvalue weighted by molar-refractivity contribution is 0.0937. The Bertz CT molecular complexity index is 559. The minimum Gasteiger partial charge on any atom is -0.352 e. The summed E-state index contributed by atoms with van der Waals surface area (Å²) in [6.07, 6.45) is 0. The number of nitrogens with one attached hydrogen (secondary N) is 1. The minimum atomic E-state index is -0.0347. The first-order valence-corrected chi connectivity index (χ1v) is 7.33. The second-order valence-corrected chi connectivity index (χ2v) is 6.51. The summed E-state index contributed by atoms with van der Waals surface area (Å²) in [7, 11) is 0. The molecular formula is C18H26N2O. The van der Waals surface area contributed by atoms with E-state index in [9.17, 15) is 4.79 Å². The molecule has 1 aromatic carbocycles. The van der Waals surface area contributed by atoms with Crippen LogP contribution in [0.5, 0.6) is 0 Å². The van der Waals surface area contributed by atoms with Gasteiger partial charge in [-0.3, -0.25) is 4.79 Å². The number of rotatable bonds is 3. The van der Waals surface area contributed by atoms with Crippen molar-refractivity contribution >= 4 is 5.91 Å². The van der Waals surface area contributed by atoms with Crippen molar-refractivity contribution in [3.63, 3.8) is 0 Å². The van der Waals surface area contributed by atoms with Gasteiger partial charge in [0.25, 0.3) is 5.91 Å². The third-order valence-electron chi connectivity index (χ3n) is 3.86. The molecule has 0 bridgehead atoms. The fourth-order valence-corrected chi connectivity index (χ4v) is 1.75. The van der Waals surface area contributed by atoms with Gasteiger partial charge in [-0.25, -0.2) is 0 Å². The van der Waals surface area contributed by atoms with Gasteiger partial charge in [-0.15, -0.1) is 0 Å². The Kier molecular flexibility index (Phi) is 5.99. The first-order chi connectivity index (χ1) is 9.75. The van der Waals surface area contributed by atoms with Crippen molar-refractivity contribution in [2.45, 2.75) is 34.6 Å². The maximum absolute atomic E-state index is 12.2. The summed E-state index contributed by atoms with van der Waals surface area (Å²) >= 11 is 0. The predicted molar refractivity (Wildman–Crippen MR) is 88.1 cm³/mol. The molecule has 1 atom stereocenters. The number of benzene rings is 1. The van der Waals surface area contributed by atoms with Gasteiger partial charge in [-0.05, 0) is 42.0 Å². The Labute approximate surface area is 128 Å². The third-order valence-corrected chi connectivity index (χ3v) is 3.86. The SMILES string of the molecule is Cc1cc(C(=O)NCC(C)C(C)(C)C)ccc1C#CCN. The zero-order valence-electron chi connectivity index (χ0n) is 13.7. The van der Waals surface area contributed by atoms with E-state index in [-0.39, 0.29) is 11.3 Å². The standard InChI is InChI=1S/C18H26N2O/c1-13-11-16(9-8-15(13)7-6-10-19)17(21)20-12-14(2)18(3,4)5/h8-9,11,14H,10,12,19H2,1-5H3,(H,20,21). The van der Waals surface area contributed by atoms with E-state index < -0.39 is 0 Å². The van der Waals surface area contributed by atoms with Crippen LogP contribution in [0.3, 0.4) is 0 Å². The van der Waals surface area contributed by atoms with E-state index in [0.29, 0.717) is 24.6 Å². The Morgan fingerprint density at radius 2 is 2.05 bits per heavy atom. The number of carbonyl (C=O) groups excluding carboxylic acids is 1. The van der Waals surface area contributed by atoms with Crippen molar-refractivity contribution in [2.75, 3.05) is 13.1 Å². The van der Waals surface area contributed by atoms with E-state index in [0.717, 1.165) is 11.1 Å². The summed E-state index contributed by atoms with van der Waals surface area (Å²) in [5.74, 6) is 6.21. The van der Waals surface area contributed by atoms with Crippen molar-refractivity contribution in [3.8, 4) is 11.8 Å². The van der Waals surface area contributed by atoms with Gasteiger partial charge >= 0.3 is 0 Å². The van der Waals surface area contributed by atoms with Crippen LogP contribution in [0.1, 0.15) is 49.2 Å². The molecule has 0 radical (unpaired) electrons. The molecule has 0 saturated heterocycles. The van der Waals surface area contributed by atoms with E-state index in [1.807, 2.05) is 25.1 Å². The highest BCUT2D eigenvalue weighted by Gasteiger charge is 2.20. The summed E-state index contributed by atoms with van der Waals surface area (Å²) in [6, 6.07) is 5.56. The number of carbonyl (C=O) groups is 1. The maximum atomic E-state index is 12.2. The molecule has 0 spiro atoms. The Balaban J connectivity index is 2.74. The Morgan fingerprint density at radius 3 is 2.57 bits per heavy atom. The van der Waals surface area contributed by atoms with Crippen LogP contribution >= 0.6 is 0 Å². The zero-order chi connectivity index (χ0) is 16.0. The van der Waals surface area contributed by atoms with Crippen LogP contribution in [-0.2, 0) is 0 Å². The lowest BCUT2D eigenvalue weighted by atomic mass is 9.82. The summed E-state index contributed by atoms with van der Waals surface area (Å²) in [4.78, 5) is 12.2. The van der Waals surface area contributed by atoms with Crippen molar-refractivity contribution in [1.29, 1.82) is 0 Å². The normalized spacial score (nSPS) is 12.3. The highest BCUT2D eigenvalue weighted by atomic mass is 16.1. The topological polar surface area (TPSA) is 55.1 Å². The predicted octanol–water partition coefficient (Wildman–Crippen LogP) is 2.72. The highest BCUT2D eigenvalue weighted by Crippen LogP contribution is 2.24. The van der Waals surface area contributed by atoms with Crippen molar-refractivity contribution in [2.24, 2.45) is 17.1 Å². The molecule has 3 heteroatoms. The van der Waals surface area contributed by atoms with E-state index in [2.05, 4.69) is 44.9 Å². The van der Waals surface area contributed by atoms with Crippen LogP contribution in [0.4, 0.5) is 0 Å². The Hall–Kier alpha value is -1.79. The number of nitrogens with two attached hydrogens (primary N) is 1. The van der Waals surface area contributed by atoms with Crippen molar-refractivity contribution in [1.82, 2.24) is 5.32 Å². The lowest BCUT2D eigenvalue weighted by Crippen LogP contribution is -2.33. The molecule has 3 nitrogen and oxygen atoms in total. The van der Waals surface area contributed by atoms with Crippen molar-refractivity contribution < 1.29 is 4.79 Å².